The Morgan fingerprint density at radius 3 is 2.69 bits per heavy atom. The predicted octanol–water partition coefficient (Wildman–Crippen LogP) is 2.02. The number of hydrogen-bond acceptors (Lipinski definition) is 2. The fraction of sp³-hybridized carbons (Fsp3) is 0.923. The van der Waals surface area contributed by atoms with Crippen LogP contribution in [-0.2, 0) is 4.79 Å². The molecular formula is C13H26N2O. The van der Waals surface area contributed by atoms with Gasteiger partial charge < -0.3 is 10.2 Å². The molecule has 3 heteroatoms. The zero-order chi connectivity index (χ0) is 12.2. The van der Waals surface area contributed by atoms with Gasteiger partial charge in [0.15, 0.2) is 0 Å². The first kappa shape index (κ1) is 13.5. The maximum absolute atomic E-state index is 12.0. The molecule has 0 bridgehead atoms. The van der Waals surface area contributed by atoms with Crippen molar-refractivity contribution in [1.29, 1.82) is 0 Å². The SMILES string of the molecule is CCCNC1CCN(CCC(C)(C)C)C1=O. The summed E-state index contributed by atoms with van der Waals surface area (Å²) in [7, 11) is 0. The van der Waals surface area contributed by atoms with Gasteiger partial charge in [0.25, 0.3) is 0 Å². The smallest absolute Gasteiger partial charge is 0.239 e. The Morgan fingerprint density at radius 1 is 1.44 bits per heavy atom. The first-order chi connectivity index (χ1) is 7.44. The molecule has 1 N–H and O–H groups in total. The van der Waals surface area contributed by atoms with Crippen molar-refractivity contribution in [2.45, 2.75) is 53.0 Å². The molecule has 3 nitrogen and oxygen atoms in total. The number of likely N-dealkylation sites (tertiary alicyclic amines) is 1. The van der Waals surface area contributed by atoms with Crippen LogP contribution < -0.4 is 5.32 Å². The molecule has 1 unspecified atom stereocenters. The first-order valence-electron chi connectivity index (χ1n) is 6.46. The molecule has 0 aliphatic carbocycles. The molecule has 0 saturated carbocycles. The van der Waals surface area contributed by atoms with E-state index in [1.54, 1.807) is 0 Å². The first-order valence-corrected chi connectivity index (χ1v) is 6.46. The Morgan fingerprint density at radius 2 is 2.12 bits per heavy atom. The van der Waals surface area contributed by atoms with Crippen LogP contribution in [0.15, 0.2) is 0 Å². The van der Waals surface area contributed by atoms with E-state index >= 15 is 0 Å². The van der Waals surface area contributed by atoms with Crippen molar-refractivity contribution in [1.82, 2.24) is 10.2 Å². The van der Waals surface area contributed by atoms with Gasteiger partial charge in [0.05, 0.1) is 6.04 Å². The van der Waals surface area contributed by atoms with Gasteiger partial charge in [-0.25, -0.2) is 0 Å². The van der Waals surface area contributed by atoms with Crippen molar-refractivity contribution in [2.24, 2.45) is 5.41 Å². The average molecular weight is 226 g/mol. The second-order valence-corrected chi connectivity index (χ2v) is 5.93. The molecule has 1 atom stereocenters. The second-order valence-electron chi connectivity index (χ2n) is 5.93. The molecule has 1 amide bonds. The Hall–Kier alpha value is -0.570. The zero-order valence-electron chi connectivity index (χ0n) is 11.2. The number of hydrogen-bond donors (Lipinski definition) is 1. The highest BCUT2D eigenvalue weighted by atomic mass is 16.2. The summed E-state index contributed by atoms with van der Waals surface area (Å²) in [6, 6.07) is 0.0833. The Labute approximate surface area is 99.6 Å². The van der Waals surface area contributed by atoms with E-state index in [0.717, 1.165) is 38.9 Å². The van der Waals surface area contributed by atoms with Gasteiger partial charge >= 0.3 is 0 Å². The topological polar surface area (TPSA) is 32.3 Å². The lowest BCUT2D eigenvalue weighted by Crippen LogP contribution is -2.39. The quantitative estimate of drug-likeness (QED) is 0.778. The molecule has 0 aromatic carbocycles. The van der Waals surface area contributed by atoms with Gasteiger partial charge in [0.1, 0.15) is 0 Å². The Balaban J connectivity index is 2.33. The summed E-state index contributed by atoms with van der Waals surface area (Å²) in [6.07, 6.45) is 3.15. The van der Waals surface area contributed by atoms with E-state index in [1.165, 1.54) is 0 Å². The maximum Gasteiger partial charge on any atom is 0.239 e. The van der Waals surface area contributed by atoms with E-state index in [1.807, 2.05) is 4.90 Å². The minimum absolute atomic E-state index is 0.0833. The minimum atomic E-state index is 0.0833. The van der Waals surface area contributed by atoms with Gasteiger partial charge in [-0.15, -0.1) is 0 Å². The van der Waals surface area contributed by atoms with E-state index < -0.39 is 0 Å². The van der Waals surface area contributed by atoms with Crippen LogP contribution in [0.3, 0.4) is 0 Å². The molecule has 0 spiro atoms. The van der Waals surface area contributed by atoms with Crippen molar-refractivity contribution >= 4 is 5.91 Å². The van der Waals surface area contributed by atoms with E-state index in [9.17, 15) is 4.79 Å². The fourth-order valence-electron chi connectivity index (χ4n) is 1.94. The van der Waals surface area contributed by atoms with Crippen molar-refractivity contribution in [3.8, 4) is 0 Å². The molecule has 1 saturated heterocycles. The van der Waals surface area contributed by atoms with E-state index in [2.05, 4.69) is 33.0 Å². The molecule has 1 aliphatic rings. The highest BCUT2D eigenvalue weighted by molar-refractivity contribution is 5.83. The third kappa shape index (κ3) is 4.12. The zero-order valence-corrected chi connectivity index (χ0v) is 11.2. The minimum Gasteiger partial charge on any atom is -0.341 e. The summed E-state index contributed by atoms with van der Waals surface area (Å²) < 4.78 is 0. The lowest BCUT2D eigenvalue weighted by molar-refractivity contribution is -0.129. The average Bonchev–Trinajstić information content (AvgIpc) is 2.53. The lowest BCUT2D eigenvalue weighted by Gasteiger charge is -2.23. The summed E-state index contributed by atoms with van der Waals surface area (Å²) in [5.74, 6) is 0.303. The largest absolute Gasteiger partial charge is 0.341 e. The van der Waals surface area contributed by atoms with E-state index in [-0.39, 0.29) is 6.04 Å². The van der Waals surface area contributed by atoms with Gasteiger partial charge in [-0.2, -0.15) is 0 Å². The second kappa shape index (κ2) is 5.67. The summed E-state index contributed by atoms with van der Waals surface area (Å²) >= 11 is 0. The number of nitrogens with zero attached hydrogens (tertiary/aromatic N) is 1. The third-order valence-electron chi connectivity index (χ3n) is 3.07. The van der Waals surface area contributed by atoms with Crippen LogP contribution in [0.2, 0.25) is 0 Å². The van der Waals surface area contributed by atoms with Crippen LogP contribution in [-0.4, -0.2) is 36.5 Å². The van der Waals surface area contributed by atoms with E-state index in [4.69, 9.17) is 0 Å². The van der Waals surface area contributed by atoms with Gasteiger partial charge in [0, 0.05) is 13.1 Å². The summed E-state index contributed by atoms with van der Waals surface area (Å²) in [4.78, 5) is 14.0. The standard InChI is InChI=1S/C13H26N2O/c1-5-8-14-11-6-9-15(12(11)16)10-7-13(2,3)4/h11,14H,5-10H2,1-4H3. The highest BCUT2D eigenvalue weighted by Gasteiger charge is 2.31. The normalized spacial score (nSPS) is 21.9. The Bertz CT molecular complexity index is 233. The molecule has 16 heavy (non-hydrogen) atoms. The summed E-state index contributed by atoms with van der Waals surface area (Å²) in [5.41, 5.74) is 0.315. The van der Waals surface area contributed by atoms with Gasteiger partial charge in [0.2, 0.25) is 5.91 Å². The number of carbonyl (C=O) groups is 1. The van der Waals surface area contributed by atoms with Crippen LogP contribution in [0.4, 0.5) is 0 Å². The third-order valence-corrected chi connectivity index (χ3v) is 3.07. The highest BCUT2D eigenvalue weighted by Crippen LogP contribution is 2.21. The number of carbonyl (C=O) groups excluding carboxylic acids is 1. The number of rotatable bonds is 5. The summed E-state index contributed by atoms with van der Waals surface area (Å²) in [5, 5.41) is 3.32. The van der Waals surface area contributed by atoms with Crippen LogP contribution in [0.5, 0.6) is 0 Å². The number of amides is 1. The van der Waals surface area contributed by atoms with Crippen molar-refractivity contribution in [3.05, 3.63) is 0 Å². The van der Waals surface area contributed by atoms with Gasteiger partial charge in [-0.1, -0.05) is 27.7 Å². The van der Waals surface area contributed by atoms with Crippen molar-refractivity contribution < 1.29 is 4.79 Å². The van der Waals surface area contributed by atoms with E-state index in [0.29, 0.717) is 11.3 Å². The van der Waals surface area contributed by atoms with Crippen molar-refractivity contribution in [2.75, 3.05) is 19.6 Å². The molecule has 1 fully saturated rings. The molecule has 0 radical (unpaired) electrons. The molecule has 1 rings (SSSR count). The lowest BCUT2D eigenvalue weighted by atomic mass is 9.92. The molecule has 1 aliphatic heterocycles. The maximum atomic E-state index is 12.0. The molecular weight excluding hydrogens is 200 g/mol. The molecule has 1 heterocycles. The van der Waals surface area contributed by atoms with Gasteiger partial charge in [-0.3, -0.25) is 4.79 Å². The Kier molecular flexibility index (Phi) is 4.78. The number of nitrogens with one attached hydrogen (secondary N) is 1. The van der Waals surface area contributed by atoms with Gasteiger partial charge in [-0.05, 0) is 31.2 Å². The summed E-state index contributed by atoms with van der Waals surface area (Å²) in [6.45, 7) is 11.6. The van der Waals surface area contributed by atoms with Crippen LogP contribution in [0.25, 0.3) is 0 Å². The van der Waals surface area contributed by atoms with Crippen molar-refractivity contribution in [3.63, 3.8) is 0 Å². The monoisotopic (exact) mass is 226 g/mol. The van der Waals surface area contributed by atoms with Crippen LogP contribution in [0, 0.1) is 5.41 Å². The predicted molar refractivity (Wildman–Crippen MR) is 67.4 cm³/mol. The fourth-order valence-corrected chi connectivity index (χ4v) is 1.94. The molecule has 0 aromatic rings. The van der Waals surface area contributed by atoms with Crippen LogP contribution in [0.1, 0.15) is 47.0 Å². The van der Waals surface area contributed by atoms with Crippen LogP contribution >= 0.6 is 0 Å². The molecule has 94 valence electrons. The molecule has 0 aromatic heterocycles.